The van der Waals surface area contributed by atoms with Crippen LogP contribution in [0.5, 0.6) is 0 Å². The number of H-pyrrole nitrogens is 1. The first-order chi connectivity index (χ1) is 14.2. The van der Waals surface area contributed by atoms with Crippen molar-refractivity contribution in [2.75, 3.05) is 19.6 Å². The van der Waals surface area contributed by atoms with Gasteiger partial charge in [-0.15, -0.1) is 0 Å². The normalized spacial score (nSPS) is 19.0. The zero-order chi connectivity index (χ0) is 21.5. The molecule has 0 unspecified atom stereocenters. The number of piperazine rings is 1. The highest BCUT2D eigenvalue weighted by Gasteiger charge is 2.37. The molecule has 0 bridgehead atoms. The number of rotatable bonds is 2. The number of halogens is 1. The maximum absolute atomic E-state index is 14.0. The number of nitrogens with zero attached hydrogens (tertiary/aromatic N) is 3. The highest BCUT2D eigenvalue weighted by atomic mass is 19.1. The average Bonchev–Trinajstić information content (AvgIpc) is 3.29. The molecule has 8 heteroatoms. The molecule has 1 aromatic carbocycles. The third-order valence-electron chi connectivity index (χ3n) is 5.54. The van der Waals surface area contributed by atoms with Crippen molar-refractivity contribution in [2.45, 2.75) is 51.7 Å². The molecule has 1 aliphatic carbocycles. The van der Waals surface area contributed by atoms with Gasteiger partial charge < -0.3 is 14.5 Å². The summed E-state index contributed by atoms with van der Waals surface area (Å²) in [6.07, 6.45) is 2.30. The van der Waals surface area contributed by atoms with E-state index in [-0.39, 0.29) is 18.3 Å². The van der Waals surface area contributed by atoms with Crippen LogP contribution in [0.25, 0.3) is 0 Å². The maximum Gasteiger partial charge on any atom is 0.410 e. The van der Waals surface area contributed by atoms with E-state index in [0.29, 0.717) is 24.3 Å². The Morgan fingerprint density at radius 3 is 2.77 bits per heavy atom. The van der Waals surface area contributed by atoms with Crippen LogP contribution in [0.2, 0.25) is 0 Å². The molecule has 1 saturated heterocycles. The minimum Gasteiger partial charge on any atom is -0.444 e. The summed E-state index contributed by atoms with van der Waals surface area (Å²) >= 11 is 0. The van der Waals surface area contributed by atoms with Crippen LogP contribution in [0, 0.1) is 5.82 Å². The standard InChI is InChI=1S/C22H27FN4O3/c1-22(2,3)30-21(29)26-10-11-27(18(13-26)14-6-4-7-15(23)12-14)20(28)19-16-8-5-9-17(16)24-25-19/h4,6-7,12,18H,5,8-11,13H2,1-3H3,(H,24,25)/t18-/m1/s1. The maximum atomic E-state index is 14.0. The molecular weight excluding hydrogens is 387 g/mol. The topological polar surface area (TPSA) is 78.5 Å². The molecule has 2 aromatic rings. The third kappa shape index (κ3) is 4.04. The van der Waals surface area contributed by atoms with Crippen LogP contribution in [0.15, 0.2) is 24.3 Å². The molecule has 1 aliphatic heterocycles. The number of aromatic nitrogens is 2. The predicted molar refractivity (Wildman–Crippen MR) is 109 cm³/mol. The lowest BCUT2D eigenvalue weighted by Crippen LogP contribution is -2.53. The van der Waals surface area contributed by atoms with E-state index in [1.54, 1.807) is 21.9 Å². The summed E-state index contributed by atoms with van der Waals surface area (Å²) in [7, 11) is 0. The summed E-state index contributed by atoms with van der Waals surface area (Å²) in [6, 6.07) is 5.69. The Hall–Kier alpha value is -2.90. The van der Waals surface area contributed by atoms with Crippen molar-refractivity contribution in [2.24, 2.45) is 0 Å². The molecule has 0 radical (unpaired) electrons. The molecule has 0 spiro atoms. The van der Waals surface area contributed by atoms with Crippen LogP contribution in [0.4, 0.5) is 9.18 Å². The number of carbonyl (C=O) groups excluding carboxylic acids is 2. The molecule has 2 heterocycles. The Morgan fingerprint density at radius 1 is 1.23 bits per heavy atom. The lowest BCUT2D eigenvalue weighted by molar-refractivity contribution is 0.00391. The monoisotopic (exact) mass is 414 g/mol. The fourth-order valence-electron chi connectivity index (χ4n) is 4.15. The highest BCUT2D eigenvalue weighted by Crippen LogP contribution is 2.31. The molecule has 160 valence electrons. The van der Waals surface area contributed by atoms with E-state index >= 15 is 0 Å². The van der Waals surface area contributed by atoms with Crippen molar-refractivity contribution in [3.05, 3.63) is 52.6 Å². The van der Waals surface area contributed by atoms with Gasteiger partial charge in [0.05, 0.1) is 6.04 Å². The lowest BCUT2D eigenvalue weighted by atomic mass is 10.0. The number of fused-ring (bicyclic) bond motifs is 1. The number of ether oxygens (including phenoxy) is 1. The number of benzene rings is 1. The Labute approximate surface area is 175 Å². The number of amides is 2. The van der Waals surface area contributed by atoms with Crippen molar-refractivity contribution in [3.8, 4) is 0 Å². The molecular formula is C22H27FN4O3. The molecule has 2 aliphatic rings. The summed E-state index contributed by atoms with van der Waals surface area (Å²) in [4.78, 5) is 29.3. The van der Waals surface area contributed by atoms with Crippen LogP contribution in [0.1, 0.15) is 60.5 Å². The fraction of sp³-hybridized carbons (Fsp3) is 0.500. The average molecular weight is 414 g/mol. The Balaban J connectivity index is 1.62. The summed E-state index contributed by atoms with van der Waals surface area (Å²) in [5.41, 5.74) is 2.47. The smallest absolute Gasteiger partial charge is 0.410 e. The highest BCUT2D eigenvalue weighted by molar-refractivity contribution is 5.94. The van der Waals surface area contributed by atoms with Crippen molar-refractivity contribution >= 4 is 12.0 Å². The predicted octanol–water partition coefficient (Wildman–Crippen LogP) is 3.47. The molecule has 30 heavy (non-hydrogen) atoms. The van der Waals surface area contributed by atoms with Crippen molar-refractivity contribution < 1.29 is 18.7 Å². The van der Waals surface area contributed by atoms with Gasteiger partial charge in [0.2, 0.25) is 0 Å². The van der Waals surface area contributed by atoms with Gasteiger partial charge in [0.1, 0.15) is 11.4 Å². The van der Waals surface area contributed by atoms with E-state index in [1.165, 1.54) is 12.1 Å². The molecule has 0 saturated carbocycles. The van der Waals surface area contributed by atoms with Gasteiger partial charge in [-0.2, -0.15) is 5.10 Å². The number of hydrogen-bond acceptors (Lipinski definition) is 4. The first-order valence-corrected chi connectivity index (χ1v) is 10.3. The Morgan fingerprint density at radius 2 is 2.03 bits per heavy atom. The van der Waals surface area contributed by atoms with Gasteiger partial charge in [-0.05, 0) is 57.7 Å². The molecule has 1 fully saturated rings. The van der Waals surface area contributed by atoms with E-state index in [0.717, 1.165) is 30.5 Å². The van der Waals surface area contributed by atoms with Gasteiger partial charge in [0, 0.05) is 30.9 Å². The first-order valence-electron chi connectivity index (χ1n) is 10.3. The van der Waals surface area contributed by atoms with Gasteiger partial charge in [0.25, 0.3) is 5.91 Å². The number of aromatic amines is 1. The zero-order valence-corrected chi connectivity index (χ0v) is 17.6. The fourth-order valence-corrected chi connectivity index (χ4v) is 4.15. The van der Waals surface area contributed by atoms with Crippen molar-refractivity contribution in [1.82, 2.24) is 20.0 Å². The molecule has 4 rings (SSSR count). The molecule has 1 atom stereocenters. The van der Waals surface area contributed by atoms with Crippen molar-refractivity contribution in [1.29, 1.82) is 0 Å². The number of carbonyl (C=O) groups is 2. The van der Waals surface area contributed by atoms with E-state index in [4.69, 9.17) is 4.74 Å². The molecule has 1 aromatic heterocycles. The van der Waals surface area contributed by atoms with Crippen molar-refractivity contribution in [3.63, 3.8) is 0 Å². The second-order valence-corrected chi connectivity index (χ2v) is 8.88. The summed E-state index contributed by atoms with van der Waals surface area (Å²) in [5, 5.41) is 7.25. The number of hydrogen-bond donors (Lipinski definition) is 1. The Bertz CT molecular complexity index is 966. The van der Waals surface area contributed by atoms with Crippen LogP contribution in [0.3, 0.4) is 0 Å². The minimum absolute atomic E-state index is 0.188. The first kappa shape index (κ1) is 20.4. The molecule has 7 nitrogen and oxygen atoms in total. The van der Waals surface area contributed by atoms with Crippen LogP contribution < -0.4 is 0 Å². The van der Waals surface area contributed by atoms with Gasteiger partial charge >= 0.3 is 6.09 Å². The summed E-state index contributed by atoms with van der Waals surface area (Å²) in [6.45, 7) is 6.34. The van der Waals surface area contributed by atoms with Gasteiger partial charge in [-0.3, -0.25) is 9.89 Å². The van der Waals surface area contributed by atoms with Gasteiger partial charge in [-0.1, -0.05) is 12.1 Å². The summed E-state index contributed by atoms with van der Waals surface area (Å²) in [5.74, 6) is -0.567. The van der Waals surface area contributed by atoms with E-state index in [9.17, 15) is 14.0 Å². The van der Waals surface area contributed by atoms with Crippen LogP contribution in [-0.4, -0.2) is 57.2 Å². The SMILES string of the molecule is CC(C)(C)OC(=O)N1CCN(C(=O)c2n[nH]c3c2CCC3)[C@@H](c2cccc(F)c2)C1. The van der Waals surface area contributed by atoms with Crippen LogP contribution in [-0.2, 0) is 17.6 Å². The van der Waals surface area contributed by atoms with E-state index in [1.807, 2.05) is 20.8 Å². The zero-order valence-electron chi connectivity index (χ0n) is 17.6. The summed E-state index contributed by atoms with van der Waals surface area (Å²) < 4.78 is 19.5. The lowest BCUT2D eigenvalue weighted by Gasteiger charge is -2.41. The number of nitrogens with one attached hydrogen (secondary N) is 1. The Kier molecular flexibility index (Phi) is 5.26. The quantitative estimate of drug-likeness (QED) is 0.816. The van der Waals surface area contributed by atoms with E-state index in [2.05, 4.69) is 10.2 Å². The second kappa shape index (κ2) is 7.74. The molecule has 1 N–H and O–H groups in total. The van der Waals surface area contributed by atoms with Gasteiger partial charge in [-0.25, -0.2) is 9.18 Å². The third-order valence-corrected chi connectivity index (χ3v) is 5.54. The second-order valence-electron chi connectivity index (χ2n) is 8.88. The van der Waals surface area contributed by atoms with Gasteiger partial charge in [0.15, 0.2) is 5.69 Å². The largest absolute Gasteiger partial charge is 0.444 e. The number of aryl methyl sites for hydroxylation is 1. The minimum atomic E-state index is -0.617. The molecule has 2 amide bonds. The van der Waals surface area contributed by atoms with E-state index < -0.39 is 17.7 Å². The van der Waals surface area contributed by atoms with Crippen LogP contribution >= 0.6 is 0 Å².